The van der Waals surface area contributed by atoms with Gasteiger partial charge in [-0.05, 0) is 93.3 Å². The summed E-state index contributed by atoms with van der Waals surface area (Å²) in [4.78, 5) is 35.6. The third kappa shape index (κ3) is 5.05. The smallest absolute Gasteiger partial charge is 0.317 e. The van der Waals surface area contributed by atoms with Crippen LogP contribution in [0.2, 0.25) is 0 Å². The van der Waals surface area contributed by atoms with Crippen LogP contribution in [0.1, 0.15) is 113 Å². The summed E-state index contributed by atoms with van der Waals surface area (Å²) in [6, 6.07) is 0. The number of aliphatic carboxylic acids is 1. The quantitative estimate of drug-likeness (QED) is 0.172. The molecule has 0 aromatic heterocycles. The number of allylic oxidation sites excluding steroid dienone is 1. The van der Waals surface area contributed by atoms with E-state index in [9.17, 15) is 24.6 Å². The van der Waals surface area contributed by atoms with Crippen molar-refractivity contribution < 1.29 is 34.1 Å². The molecule has 0 radical (unpaired) electrons. The van der Waals surface area contributed by atoms with Gasteiger partial charge in [0.25, 0.3) is 0 Å². The highest BCUT2D eigenvalue weighted by Crippen LogP contribution is 2.72. The van der Waals surface area contributed by atoms with E-state index in [1.165, 1.54) is 12.7 Å². The van der Waals surface area contributed by atoms with Crippen LogP contribution in [-0.4, -0.2) is 47.4 Å². The lowest BCUT2D eigenvalue weighted by atomic mass is 9.42. The highest BCUT2D eigenvalue weighted by molar-refractivity contribution is 5.91. The Kier molecular flexibility index (Phi) is 8.90. The maximum Gasteiger partial charge on any atom is 0.317 e. The van der Waals surface area contributed by atoms with Gasteiger partial charge in [-0.1, -0.05) is 64.8 Å². The van der Waals surface area contributed by atoms with E-state index in [1.807, 2.05) is 0 Å². The zero-order valence-corrected chi connectivity index (χ0v) is 27.2. The highest BCUT2D eigenvalue weighted by Gasteiger charge is 2.66. The molecule has 2 saturated carbocycles. The molecule has 9 atom stereocenters. The van der Waals surface area contributed by atoms with Gasteiger partial charge >= 0.3 is 17.9 Å². The van der Waals surface area contributed by atoms with E-state index in [2.05, 4.69) is 52.9 Å². The standard InChI is InChI=1S/C35H54O7/c1-20(22(3)31(39)40)10-11-21(2)23-14-17-34(7)24-12-13-26-32(4,5)28(42-30(38)19-29(37)41-9)15-16-33(26,6)25(24)18-27(36)35(23,34)8/h21-23,26-28,36H,1,10-19H2,2-9H3,(H,39,40). The van der Waals surface area contributed by atoms with E-state index in [0.717, 1.165) is 50.5 Å². The van der Waals surface area contributed by atoms with E-state index in [-0.39, 0.29) is 34.2 Å². The molecule has 0 amide bonds. The van der Waals surface area contributed by atoms with Crippen molar-refractivity contribution in [3.05, 3.63) is 23.3 Å². The van der Waals surface area contributed by atoms with Crippen molar-refractivity contribution in [2.75, 3.05) is 7.11 Å². The molecule has 0 saturated heterocycles. The van der Waals surface area contributed by atoms with Crippen molar-refractivity contribution in [3.63, 3.8) is 0 Å². The van der Waals surface area contributed by atoms with Crippen molar-refractivity contribution in [2.24, 2.45) is 45.3 Å². The van der Waals surface area contributed by atoms with Crippen LogP contribution < -0.4 is 0 Å². The molecule has 0 aliphatic heterocycles. The number of carboxylic acid groups (broad SMARTS) is 1. The van der Waals surface area contributed by atoms with E-state index in [1.54, 1.807) is 12.5 Å². The number of carbonyl (C=O) groups is 3. The molecule has 0 heterocycles. The summed E-state index contributed by atoms with van der Waals surface area (Å²) in [5.74, 6) is -1.46. The van der Waals surface area contributed by atoms with Crippen LogP contribution in [0.25, 0.3) is 0 Å². The zero-order valence-electron chi connectivity index (χ0n) is 27.2. The number of hydrogen-bond acceptors (Lipinski definition) is 6. The molecule has 2 N–H and O–H groups in total. The number of hydrogen-bond donors (Lipinski definition) is 2. The average Bonchev–Trinajstić information content (AvgIpc) is 3.21. The predicted molar refractivity (Wildman–Crippen MR) is 161 cm³/mol. The summed E-state index contributed by atoms with van der Waals surface area (Å²) in [6.07, 6.45) is 6.93. The Balaban J connectivity index is 1.58. The van der Waals surface area contributed by atoms with Gasteiger partial charge in [-0.15, -0.1) is 0 Å². The van der Waals surface area contributed by atoms with Crippen LogP contribution in [0, 0.1) is 45.3 Å². The fourth-order valence-corrected chi connectivity index (χ4v) is 10.2. The van der Waals surface area contributed by atoms with E-state index in [4.69, 9.17) is 4.74 Å². The first-order chi connectivity index (χ1) is 19.4. The Labute approximate surface area is 252 Å². The Hall–Kier alpha value is -2.15. The Morgan fingerprint density at radius 3 is 2.29 bits per heavy atom. The predicted octanol–water partition coefficient (Wildman–Crippen LogP) is 6.87. The van der Waals surface area contributed by atoms with Crippen molar-refractivity contribution in [3.8, 4) is 0 Å². The number of carboxylic acids is 1. The van der Waals surface area contributed by atoms with E-state index >= 15 is 0 Å². The second-order valence-electron chi connectivity index (χ2n) is 15.3. The highest BCUT2D eigenvalue weighted by atomic mass is 16.6. The molecule has 0 spiro atoms. The van der Waals surface area contributed by atoms with Gasteiger partial charge in [-0.25, -0.2) is 0 Å². The topological polar surface area (TPSA) is 110 Å². The van der Waals surface area contributed by atoms with Crippen molar-refractivity contribution in [2.45, 2.75) is 125 Å². The number of rotatable bonds is 9. The largest absolute Gasteiger partial charge is 0.481 e. The molecule has 0 bridgehead atoms. The third-order valence-electron chi connectivity index (χ3n) is 13.2. The summed E-state index contributed by atoms with van der Waals surface area (Å²) in [7, 11) is 1.27. The van der Waals surface area contributed by atoms with Gasteiger partial charge in [0, 0.05) is 10.8 Å². The van der Waals surface area contributed by atoms with E-state index in [0.29, 0.717) is 30.6 Å². The lowest BCUT2D eigenvalue weighted by molar-refractivity contribution is -0.173. The molecule has 4 aliphatic carbocycles. The SMILES string of the molecule is C=C(CCC(C)C1CCC2(C)C3=C(CC(O)C12C)C1(C)CCC(OC(=O)CC(=O)OC)C(C)(C)C1CC3)C(C)C(=O)O. The monoisotopic (exact) mass is 586 g/mol. The third-order valence-corrected chi connectivity index (χ3v) is 13.2. The second kappa shape index (κ2) is 11.4. The lowest BCUT2D eigenvalue weighted by Gasteiger charge is -2.63. The first-order valence-corrected chi connectivity index (χ1v) is 16.0. The molecule has 4 rings (SSSR count). The fourth-order valence-electron chi connectivity index (χ4n) is 10.2. The number of fused-ring (bicyclic) bond motifs is 4. The maximum atomic E-state index is 12.5. The van der Waals surface area contributed by atoms with Crippen LogP contribution in [0.4, 0.5) is 0 Å². The molecule has 4 aliphatic rings. The number of methoxy groups -OCH3 is 1. The van der Waals surface area contributed by atoms with Gasteiger partial charge in [0.15, 0.2) is 0 Å². The Bertz CT molecular complexity index is 1150. The second-order valence-corrected chi connectivity index (χ2v) is 15.3. The van der Waals surface area contributed by atoms with Gasteiger partial charge < -0.3 is 19.7 Å². The molecule has 2 fully saturated rings. The summed E-state index contributed by atoms with van der Waals surface area (Å²) in [5.41, 5.74) is 3.08. The Morgan fingerprint density at radius 1 is 1.00 bits per heavy atom. The van der Waals surface area contributed by atoms with Crippen LogP contribution in [-0.2, 0) is 23.9 Å². The average molecular weight is 587 g/mol. The first-order valence-electron chi connectivity index (χ1n) is 16.0. The molecule has 7 heteroatoms. The van der Waals surface area contributed by atoms with Gasteiger partial charge in [0.1, 0.15) is 12.5 Å². The number of aliphatic hydroxyl groups is 1. The van der Waals surface area contributed by atoms with Crippen LogP contribution in [0.5, 0.6) is 0 Å². The molecule has 236 valence electrons. The van der Waals surface area contributed by atoms with Gasteiger partial charge in [0.2, 0.25) is 0 Å². The zero-order chi connectivity index (χ0) is 31.4. The molecule has 0 aromatic carbocycles. The summed E-state index contributed by atoms with van der Waals surface area (Å²) < 4.78 is 10.6. The van der Waals surface area contributed by atoms with Gasteiger partial charge in [-0.3, -0.25) is 14.4 Å². The first kappa shape index (κ1) is 32.8. The van der Waals surface area contributed by atoms with Crippen LogP contribution in [0.15, 0.2) is 23.3 Å². The summed E-state index contributed by atoms with van der Waals surface area (Å²) >= 11 is 0. The fraction of sp³-hybridized carbons (Fsp3) is 0.800. The van der Waals surface area contributed by atoms with Gasteiger partial charge in [-0.2, -0.15) is 0 Å². The molecule has 42 heavy (non-hydrogen) atoms. The molecule has 7 nitrogen and oxygen atoms in total. The molecular weight excluding hydrogens is 532 g/mol. The van der Waals surface area contributed by atoms with E-state index < -0.39 is 29.9 Å². The lowest BCUT2D eigenvalue weighted by Crippen LogP contribution is -2.58. The number of carbonyl (C=O) groups excluding carboxylic acids is 2. The minimum atomic E-state index is -0.823. The van der Waals surface area contributed by atoms with Crippen molar-refractivity contribution in [1.82, 2.24) is 0 Å². The van der Waals surface area contributed by atoms with Crippen LogP contribution in [0.3, 0.4) is 0 Å². The van der Waals surface area contributed by atoms with Gasteiger partial charge in [0.05, 0.1) is 19.1 Å². The van der Waals surface area contributed by atoms with Crippen LogP contribution >= 0.6 is 0 Å². The molecule has 9 unspecified atom stereocenters. The Morgan fingerprint density at radius 2 is 1.67 bits per heavy atom. The minimum Gasteiger partial charge on any atom is -0.481 e. The summed E-state index contributed by atoms with van der Waals surface area (Å²) in [6.45, 7) is 19.6. The minimum absolute atomic E-state index is 0.0813. The molecular formula is C35H54O7. The summed E-state index contributed by atoms with van der Waals surface area (Å²) in [5, 5.41) is 21.5. The maximum absolute atomic E-state index is 12.5. The van der Waals surface area contributed by atoms with Crippen molar-refractivity contribution in [1.29, 1.82) is 0 Å². The normalized spacial score (nSPS) is 38.4. The number of ether oxygens (including phenoxy) is 2. The number of aliphatic hydroxyl groups excluding tert-OH is 1. The van der Waals surface area contributed by atoms with Crippen molar-refractivity contribution >= 4 is 17.9 Å². The number of esters is 2. The molecule has 0 aromatic rings.